The van der Waals surface area contributed by atoms with E-state index in [0.29, 0.717) is 11.8 Å². The van der Waals surface area contributed by atoms with Gasteiger partial charge in [-0.1, -0.05) is 30.3 Å². The monoisotopic (exact) mass is 255 g/mol. The summed E-state index contributed by atoms with van der Waals surface area (Å²) in [6.45, 7) is 3.19. The Kier molecular flexibility index (Phi) is 2.37. The molecule has 4 heteroatoms. The van der Waals surface area contributed by atoms with Crippen LogP contribution in [-0.4, -0.2) is 16.7 Å². The van der Waals surface area contributed by atoms with Crippen molar-refractivity contribution in [1.82, 2.24) is 10.1 Å². The van der Waals surface area contributed by atoms with Crippen LogP contribution in [0.3, 0.4) is 0 Å². The summed E-state index contributed by atoms with van der Waals surface area (Å²) in [5, 5.41) is 7.59. The Balaban J connectivity index is 1.68. The quantitative estimate of drug-likeness (QED) is 0.895. The second-order valence-electron chi connectivity index (χ2n) is 5.67. The van der Waals surface area contributed by atoms with Crippen molar-refractivity contribution in [1.29, 1.82) is 0 Å². The Morgan fingerprint density at radius 2 is 2.16 bits per heavy atom. The van der Waals surface area contributed by atoms with E-state index in [4.69, 9.17) is 4.52 Å². The summed E-state index contributed by atoms with van der Waals surface area (Å²) in [5.41, 5.74) is 2.46. The number of aromatic nitrogens is 2. The fourth-order valence-electron chi connectivity index (χ4n) is 2.95. The summed E-state index contributed by atoms with van der Waals surface area (Å²) in [7, 11) is 0. The number of hydrogen-bond acceptors (Lipinski definition) is 4. The minimum Gasteiger partial charge on any atom is -0.385 e. The molecule has 1 aliphatic heterocycles. The average molecular weight is 255 g/mol. The minimum atomic E-state index is 0.243. The number of fused-ring (bicyclic) bond motifs is 1. The van der Waals surface area contributed by atoms with Gasteiger partial charge >= 0.3 is 0 Å². The van der Waals surface area contributed by atoms with Gasteiger partial charge in [0.05, 0.1) is 5.92 Å². The van der Waals surface area contributed by atoms with Gasteiger partial charge in [-0.15, -0.1) is 0 Å². The van der Waals surface area contributed by atoms with E-state index >= 15 is 0 Å². The van der Waals surface area contributed by atoms with Crippen LogP contribution in [-0.2, 0) is 0 Å². The van der Waals surface area contributed by atoms with Gasteiger partial charge in [0.15, 0.2) is 5.82 Å². The van der Waals surface area contributed by atoms with Gasteiger partial charge in [0.1, 0.15) is 0 Å². The lowest BCUT2D eigenvalue weighted by molar-refractivity contribution is 0.356. The zero-order valence-corrected chi connectivity index (χ0v) is 11.0. The van der Waals surface area contributed by atoms with E-state index in [9.17, 15) is 0 Å². The molecule has 1 aromatic heterocycles. The van der Waals surface area contributed by atoms with Crippen LogP contribution in [0.25, 0.3) is 0 Å². The van der Waals surface area contributed by atoms with Gasteiger partial charge in [0.2, 0.25) is 5.89 Å². The van der Waals surface area contributed by atoms with Crippen molar-refractivity contribution in [3.05, 3.63) is 41.5 Å². The first kappa shape index (κ1) is 11.0. The largest absolute Gasteiger partial charge is 0.385 e. The van der Waals surface area contributed by atoms with Crippen LogP contribution in [0.4, 0.5) is 5.69 Å². The Morgan fingerprint density at radius 3 is 3.00 bits per heavy atom. The van der Waals surface area contributed by atoms with E-state index in [1.807, 2.05) is 0 Å². The number of anilines is 1. The molecule has 19 heavy (non-hydrogen) atoms. The highest BCUT2D eigenvalue weighted by atomic mass is 16.5. The fraction of sp³-hybridized carbons (Fsp3) is 0.467. The SMILES string of the molecule is CC1CC1c1noc(C2CCNc3ccccc32)n1. The topological polar surface area (TPSA) is 51.0 Å². The Morgan fingerprint density at radius 1 is 1.32 bits per heavy atom. The lowest BCUT2D eigenvalue weighted by Crippen LogP contribution is -2.17. The van der Waals surface area contributed by atoms with Gasteiger partial charge in [0.25, 0.3) is 0 Å². The second kappa shape index (κ2) is 4.08. The Bertz CT molecular complexity index is 607. The third kappa shape index (κ3) is 1.82. The van der Waals surface area contributed by atoms with E-state index in [-0.39, 0.29) is 5.92 Å². The summed E-state index contributed by atoms with van der Waals surface area (Å²) in [6, 6.07) is 8.38. The summed E-state index contributed by atoms with van der Waals surface area (Å²) in [5.74, 6) is 3.16. The molecular formula is C15H17N3O. The summed E-state index contributed by atoms with van der Waals surface area (Å²) < 4.78 is 5.52. The molecule has 2 heterocycles. The first-order valence-electron chi connectivity index (χ1n) is 6.99. The minimum absolute atomic E-state index is 0.243. The Labute approximate surface area is 112 Å². The third-order valence-electron chi connectivity index (χ3n) is 4.28. The zero-order chi connectivity index (χ0) is 12.8. The van der Waals surface area contributed by atoms with Crippen molar-refractivity contribution >= 4 is 5.69 Å². The smallest absolute Gasteiger partial charge is 0.234 e. The molecule has 3 unspecified atom stereocenters. The molecule has 2 aromatic rings. The fourth-order valence-corrected chi connectivity index (χ4v) is 2.95. The lowest BCUT2D eigenvalue weighted by Gasteiger charge is -2.23. The molecule has 98 valence electrons. The normalized spacial score (nSPS) is 28.6. The molecule has 4 nitrogen and oxygen atoms in total. The maximum Gasteiger partial charge on any atom is 0.234 e. The molecule has 4 rings (SSSR count). The number of benzene rings is 1. The molecular weight excluding hydrogens is 238 g/mol. The maximum atomic E-state index is 5.52. The van der Waals surface area contributed by atoms with Gasteiger partial charge in [-0.25, -0.2) is 0 Å². The molecule has 0 spiro atoms. The standard InChI is InChI=1S/C15H17N3O/c1-9-8-12(9)14-17-15(19-18-14)11-6-7-16-13-5-3-2-4-10(11)13/h2-5,9,11-12,16H,6-8H2,1H3. The van der Waals surface area contributed by atoms with Crippen molar-refractivity contribution in [2.45, 2.75) is 31.6 Å². The lowest BCUT2D eigenvalue weighted by atomic mass is 9.91. The van der Waals surface area contributed by atoms with Crippen LogP contribution in [0.5, 0.6) is 0 Å². The molecule has 1 fully saturated rings. The van der Waals surface area contributed by atoms with E-state index in [1.54, 1.807) is 0 Å². The third-order valence-corrected chi connectivity index (χ3v) is 4.28. The predicted octanol–water partition coefficient (Wildman–Crippen LogP) is 3.14. The second-order valence-corrected chi connectivity index (χ2v) is 5.67. The number of hydrogen-bond donors (Lipinski definition) is 1. The summed E-state index contributed by atoms with van der Waals surface area (Å²) in [4.78, 5) is 4.64. The van der Waals surface area contributed by atoms with Crippen LogP contribution < -0.4 is 5.32 Å². The van der Waals surface area contributed by atoms with Crippen molar-refractivity contribution in [3.63, 3.8) is 0 Å². The molecule has 1 aromatic carbocycles. The van der Waals surface area contributed by atoms with Gasteiger partial charge in [0, 0.05) is 18.2 Å². The number of rotatable bonds is 2. The van der Waals surface area contributed by atoms with Crippen LogP contribution in [0.15, 0.2) is 28.8 Å². The van der Waals surface area contributed by atoms with Crippen molar-refractivity contribution in [3.8, 4) is 0 Å². The molecule has 0 radical (unpaired) electrons. The van der Waals surface area contributed by atoms with Crippen molar-refractivity contribution < 1.29 is 4.52 Å². The van der Waals surface area contributed by atoms with Crippen molar-refractivity contribution in [2.75, 3.05) is 11.9 Å². The van der Waals surface area contributed by atoms with Crippen LogP contribution >= 0.6 is 0 Å². The van der Waals surface area contributed by atoms with Gasteiger partial charge in [-0.05, 0) is 30.4 Å². The summed E-state index contributed by atoms with van der Waals surface area (Å²) >= 11 is 0. The molecule has 1 N–H and O–H groups in total. The average Bonchev–Trinajstić information content (AvgIpc) is 3.00. The maximum absolute atomic E-state index is 5.52. The van der Waals surface area contributed by atoms with Crippen LogP contribution in [0.2, 0.25) is 0 Å². The van der Waals surface area contributed by atoms with E-state index < -0.39 is 0 Å². The first-order valence-corrected chi connectivity index (χ1v) is 6.99. The molecule has 0 bridgehead atoms. The van der Waals surface area contributed by atoms with Gasteiger partial charge < -0.3 is 9.84 Å². The molecule has 0 amide bonds. The van der Waals surface area contributed by atoms with E-state index in [1.165, 1.54) is 17.7 Å². The number of nitrogens with zero attached hydrogens (tertiary/aromatic N) is 2. The highest BCUT2D eigenvalue weighted by Gasteiger charge is 2.39. The molecule has 2 aliphatic rings. The van der Waals surface area contributed by atoms with Crippen LogP contribution in [0, 0.1) is 5.92 Å². The van der Waals surface area contributed by atoms with Crippen molar-refractivity contribution in [2.24, 2.45) is 5.92 Å². The molecule has 3 atom stereocenters. The summed E-state index contributed by atoms with van der Waals surface area (Å²) in [6.07, 6.45) is 2.21. The zero-order valence-electron chi connectivity index (χ0n) is 11.0. The van der Waals surface area contributed by atoms with Crippen LogP contribution in [0.1, 0.15) is 48.9 Å². The highest BCUT2D eigenvalue weighted by Crippen LogP contribution is 2.46. The molecule has 1 saturated carbocycles. The van der Waals surface area contributed by atoms with Gasteiger partial charge in [-0.3, -0.25) is 0 Å². The number of para-hydroxylation sites is 1. The van der Waals surface area contributed by atoms with E-state index in [0.717, 1.165) is 24.7 Å². The first-order chi connectivity index (χ1) is 9.33. The van der Waals surface area contributed by atoms with Gasteiger partial charge in [-0.2, -0.15) is 4.98 Å². The highest BCUT2D eigenvalue weighted by molar-refractivity contribution is 5.56. The van der Waals surface area contributed by atoms with E-state index in [2.05, 4.69) is 46.6 Å². The predicted molar refractivity (Wildman–Crippen MR) is 72.2 cm³/mol. The number of nitrogens with one attached hydrogen (secondary N) is 1. The molecule has 1 aliphatic carbocycles. The molecule has 0 saturated heterocycles. The Hall–Kier alpha value is -1.84.